The Bertz CT molecular complexity index is 1760. The lowest BCUT2D eigenvalue weighted by molar-refractivity contribution is -0.176. The number of hydrogen-bond acceptors (Lipinski definition) is 10. The Labute approximate surface area is 260 Å². The molecule has 3 aromatic rings. The van der Waals surface area contributed by atoms with Crippen molar-refractivity contribution in [1.82, 2.24) is 9.55 Å². The van der Waals surface area contributed by atoms with E-state index in [0.717, 1.165) is 48.6 Å². The molecule has 2 aromatic heterocycles. The van der Waals surface area contributed by atoms with E-state index in [2.05, 4.69) is 0 Å². The first-order valence-electron chi connectivity index (χ1n) is 15.6. The second-order valence-electron chi connectivity index (χ2n) is 12.8. The van der Waals surface area contributed by atoms with Gasteiger partial charge in [-0.1, -0.05) is 20.3 Å². The van der Waals surface area contributed by atoms with Crippen LogP contribution < -0.4 is 10.3 Å². The van der Waals surface area contributed by atoms with Crippen LogP contribution in [-0.2, 0) is 48.9 Å². The van der Waals surface area contributed by atoms with Crippen molar-refractivity contribution in [2.45, 2.75) is 110 Å². The molecule has 0 amide bonds. The van der Waals surface area contributed by atoms with Gasteiger partial charge in [0.05, 0.1) is 29.0 Å². The van der Waals surface area contributed by atoms with Gasteiger partial charge in [0.25, 0.3) is 5.56 Å². The van der Waals surface area contributed by atoms with Crippen molar-refractivity contribution in [2.75, 3.05) is 0 Å². The molecule has 1 atom stereocenters. The lowest BCUT2D eigenvalue weighted by Crippen LogP contribution is -2.48. The molecule has 1 fully saturated rings. The van der Waals surface area contributed by atoms with Gasteiger partial charge in [-0.05, 0) is 89.1 Å². The quantitative estimate of drug-likeness (QED) is 0.140. The van der Waals surface area contributed by atoms with E-state index >= 15 is 0 Å². The highest BCUT2D eigenvalue weighted by atomic mass is 16.7. The average molecular weight is 619 g/mol. The highest BCUT2D eigenvalue weighted by Crippen LogP contribution is 2.42. The molecule has 1 aliphatic carbocycles. The molecular formula is C34H38N2O9. The number of carbonyl (C=O) groups is 3. The molecule has 0 saturated heterocycles. The van der Waals surface area contributed by atoms with E-state index in [4.69, 9.17) is 28.7 Å². The molecule has 1 aromatic carbocycles. The van der Waals surface area contributed by atoms with Crippen molar-refractivity contribution < 1.29 is 38.1 Å². The Morgan fingerprint density at radius 2 is 1.80 bits per heavy atom. The molecule has 4 heterocycles. The van der Waals surface area contributed by atoms with Gasteiger partial charge in [0, 0.05) is 16.5 Å². The third-order valence-corrected chi connectivity index (χ3v) is 8.76. The van der Waals surface area contributed by atoms with Crippen LogP contribution in [0.15, 0.2) is 29.1 Å². The van der Waals surface area contributed by atoms with E-state index in [1.807, 2.05) is 6.92 Å². The van der Waals surface area contributed by atoms with Crippen molar-refractivity contribution in [3.63, 3.8) is 0 Å². The maximum atomic E-state index is 14.0. The SMILES string of the molecule is CCc1c2c(nc3ccc(OC(=O)OC(C)(C)C)cc13)-c1cc3c(c(=O)n1C2)COC(=O)C3(CC)OC(=O)OC1CCCCC1. The fourth-order valence-corrected chi connectivity index (χ4v) is 6.62. The summed E-state index contributed by atoms with van der Waals surface area (Å²) in [7, 11) is 0. The Hall–Kier alpha value is -4.41. The van der Waals surface area contributed by atoms with Crippen molar-refractivity contribution >= 4 is 29.2 Å². The van der Waals surface area contributed by atoms with Crippen LogP contribution in [0.2, 0.25) is 0 Å². The van der Waals surface area contributed by atoms with Crippen molar-refractivity contribution in [1.29, 1.82) is 0 Å². The minimum Gasteiger partial charge on any atom is -0.457 e. The van der Waals surface area contributed by atoms with Crippen LogP contribution in [0, 0.1) is 0 Å². The maximum Gasteiger partial charge on any atom is 0.514 e. The van der Waals surface area contributed by atoms with Crippen molar-refractivity contribution in [3.8, 4) is 17.1 Å². The molecule has 3 aliphatic rings. The summed E-state index contributed by atoms with van der Waals surface area (Å²) in [5.74, 6) is -0.420. The van der Waals surface area contributed by atoms with Crippen LogP contribution in [0.4, 0.5) is 9.59 Å². The molecule has 1 unspecified atom stereocenters. The highest BCUT2D eigenvalue weighted by Gasteiger charge is 2.51. The van der Waals surface area contributed by atoms with Crippen LogP contribution in [0.5, 0.6) is 5.75 Å². The van der Waals surface area contributed by atoms with Crippen LogP contribution in [0.25, 0.3) is 22.3 Å². The third kappa shape index (κ3) is 5.53. The molecular weight excluding hydrogens is 580 g/mol. The van der Waals surface area contributed by atoms with E-state index in [-0.39, 0.29) is 36.8 Å². The number of aryl methyl sites for hydroxylation is 1. The second-order valence-corrected chi connectivity index (χ2v) is 12.8. The van der Waals surface area contributed by atoms with Gasteiger partial charge in [-0.2, -0.15) is 0 Å². The summed E-state index contributed by atoms with van der Waals surface area (Å²) in [6.45, 7) is 9.03. The standard InChI is InChI=1S/C34H38N2O9/c1-6-21-22-15-20(43-31(39)44-33(3,4)5)13-14-26(22)35-28-23(21)17-36-27(28)16-25-24(29(36)37)18-41-30(38)34(25,7-2)45-32(40)42-19-11-9-8-10-12-19/h13-16,19H,6-12,17-18H2,1-5H3. The number of carbonyl (C=O) groups excluding carboxylic acids is 3. The fourth-order valence-electron chi connectivity index (χ4n) is 6.62. The number of esters is 1. The number of rotatable bonds is 5. The highest BCUT2D eigenvalue weighted by molar-refractivity contribution is 5.90. The van der Waals surface area contributed by atoms with E-state index in [1.165, 1.54) is 0 Å². The molecule has 2 aliphatic heterocycles. The molecule has 0 N–H and O–H groups in total. The molecule has 11 heteroatoms. The minimum atomic E-state index is -1.82. The molecule has 0 radical (unpaired) electrons. The van der Waals surface area contributed by atoms with Gasteiger partial charge in [0.1, 0.15) is 24.1 Å². The molecule has 0 spiro atoms. The zero-order chi connectivity index (χ0) is 32.1. The minimum absolute atomic E-state index is 0.0557. The Balaban J connectivity index is 1.40. The van der Waals surface area contributed by atoms with E-state index in [9.17, 15) is 19.2 Å². The van der Waals surface area contributed by atoms with Crippen LogP contribution in [0.3, 0.4) is 0 Å². The van der Waals surface area contributed by atoms with Gasteiger partial charge in [0.15, 0.2) is 0 Å². The fraction of sp³-hybridized carbons (Fsp3) is 0.500. The van der Waals surface area contributed by atoms with Crippen LogP contribution in [-0.4, -0.2) is 39.5 Å². The lowest BCUT2D eigenvalue weighted by atomic mass is 9.85. The van der Waals surface area contributed by atoms with Gasteiger partial charge < -0.3 is 28.3 Å². The Kier molecular flexibility index (Phi) is 7.82. The van der Waals surface area contributed by atoms with Crippen molar-refractivity contribution in [3.05, 3.63) is 56.9 Å². The number of pyridine rings is 2. The molecule has 11 nitrogen and oxygen atoms in total. The zero-order valence-electron chi connectivity index (χ0n) is 26.3. The summed E-state index contributed by atoms with van der Waals surface area (Å²) in [5, 5.41) is 0.790. The normalized spacial score (nSPS) is 19.3. The first-order valence-corrected chi connectivity index (χ1v) is 15.6. The summed E-state index contributed by atoms with van der Waals surface area (Å²) in [5.41, 5.74) is 1.28. The zero-order valence-corrected chi connectivity index (χ0v) is 26.3. The molecule has 45 heavy (non-hydrogen) atoms. The first kappa shape index (κ1) is 30.6. The van der Waals surface area contributed by atoms with Gasteiger partial charge in [-0.15, -0.1) is 0 Å². The van der Waals surface area contributed by atoms with Gasteiger partial charge in [-0.25, -0.2) is 19.4 Å². The van der Waals surface area contributed by atoms with E-state index in [0.29, 0.717) is 34.6 Å². The number of aromatic nitrogens is 2. The number of ether oxygens (including phenoxy) is 5. The third-order valence-electron chi connectivity index (χ3n) is 8.76. The largest absolute Gasteiger partial charge is 0.514 e. The summed E-state index contributed by atoms with van der Waals surface area (Å²) in [6.07, 6.45) is 3.16. The summed E-state index contributed by atoms with van der Waals surface area (Å²) < 4.78 is 29.2. The van der Waals surface area contributed by atoms with E-state index in [1.54, 1.807) is 56.5 Å². The smallest absolute Gasteiger partial charge is 0.457 e. The number of fused-ring (bicyclic) bond motifs is 5. The van der Waals surface area contributed by atoms with E-state index < -0.39 is 29.5 Å². The molecule has 6 rings (SSSR count). The van der Waals surface area contributed by atoms with Crippen LogP contribution in [0.1, 0.15) is 95.4 Å². The van der Waals surface area contributed by atoms with Crippen LogP contribution >= 0.6 is 0 Å². The topological polar surface area (TPSA) is 132 Å². The monoisotopic (exact) mass is 618 g/mol. The predicted octanol–water partition coefficient (Wildman–Crippen LogP) is 6.45. The lowest BCUT2D eigenvalue weighted by Gasteiger charge is -2.35. The van der Waals surface area contributed by atoms with Gasteiger partial charge in [0.2, 0.25) is 5.60 Å². The summed E-state index contributed by atoms with van der Waals surface area (Å²) >= 11 is 0. The van der Waals surface area contributed by atoms with Gasteiger partial charge in [-0.3, -0.25) is 4.79 Å². The predicted molar refractivity (Wildman–Crippen MR) is 163 cm³/mol. The average Bonchev–Trinajstić information content (AvgIpc) is 3.35. The summed E-state index contributed by atoms with van der Waals surface area (Å²) in [4.78, 5) is 57.6. The Morgan fingerprint density at radius 1 is 1.04 bits per heavy atom. The number of benzene rings is 1. The van der Waals surface area contributed by atoms with Crippen molar-refractivity contribution in [2.24, 2.45) is 0 Å². The first-order chi connectivity index (χ1) is 21.4. The molecule has 238 valence electrons. The second kappa shape index (κ2) is 11.5. The summed E-state index contributed by atoms with van der Waals surface area (Å²) in [6, 6.07) is 6.89. The number of hydrogen-bond donors (Lipinski definition) is 0. The number of cyclic esters (lactones) is 1. The Morgan fingerprint density at radius 3 is 2.49 bits per heavy atom. The molecule has 0 bridgehead atoms. The van der Waals surface area contributed by atoms with Gasteiger partial charge >= 0.3 is 18.3 Å². The maximum absolute atomic E-state index is 14.0. The molecule has 1 saturated carbocycles. The number of nitrogens with zero attached hydrogens (tertiary/aromatic N) is 2.